The van der Waals surface area contributed by atoms with E-state index in [9.17, 15) is 4.79 Å². The van der Waals surface area contributed by atoms with Crippen LogP contribution in [-0.2, 0) is 9.47 Å². The average molecular weight is 377 g/mol. The quantitative estimate of drug-likeness (QED) is 0.304. The number of hydrogen-bond donors (Lipinski definition) is 0. The van der Waals surface area contributed by atoms with E-state index in [-0.39, 0.29) is 6.29 Å². The lowest BCUT2D eigenvalue weighted by Gasteiger charge is -2.31. The van der Waals surface area contributed by atoms with Gasteiger partial charge in [0, 0.05) is 18.8 Å². The highest BCUT2D eigenvalue weighted by atomic mass is 16.7. The van der Waals surface area contributed by atoms with Crippen molar-refractivity contribution in [1.82, 2.24) is 0 Å². The molecule has 1 aromatic rings. The lowest BCUT2D eigenvalue weighted by molar-refractivity contribution is -0.123. The molecule has 2 rings (SSSR count). The summed E-state index contributed by atoms with van der Waals surface area (Å²) in [7, 11) is 0. The Bertz CT molecular complexity index is 494. The van der Waals surface area contributed by atoms with Crippen molar-refractivity contribution in [3.63, 3.8) is 0 Å². The van der Waals surface area contributed by atoms with Crippen LogP contribution in [0.25, 0.3) is 0 Å². The number of hydrogen-bond acceptors (Lipinski definition) is 3. The molecule has 3 unspecified atom stereocenters. The fourth-order valence-corrected chi connectivity index (χ4v) is 3.64. The van der Waals surface area contributed by atoms with Crippen LogP contribution in [0, 0.1) is 11.8 Å². The molecular formula is C24H40O3. The summed E-state index contributed by atoms with van der Waals surface area (Å²) in [5, 5.41) is 0. The van der Waals surface area contributed by atoms with E-state index >= 15 is 0 Å². The van der Waals surface area contributed by atoms with Crippen molar-refractivity contribution in [3.8, 4) is 0 Å². The molecule has 0 heterocycles. The molecule has 1 fully saturated rings. The summed E-state index contributed by atoms with van der Waals surface area (Å²) in [6.07, 6.45) is 6.34. The molecule has 0 amide bonds. The first-order chi connectivity index (χ1) is 13.0. The number of carbonyl (C=O) groups is 1. The van der Waals surface area contributed by atoms with E-state index in [1.807, 2.05) is 32.9 Å². The summed E-state index contributed by atoms with van der Waals surface area (Å²) in [4.78, 5) is 10.8. The summed E-state index contributed by atoms with van der Waals surface area (Å²) in [5.41, 5.74) is 2.13. The second-order valence-electron chi connectivity index (χ2n) is 7.09. The smallest absolute Gasteiger partial charge is 0.154 e. The molecule has 3 heteroatoms. The Balaban J connectivity index is 0.000000574. The maximum atomic E-state index is 10.8. The molecule has 0 N–H and O–H groups in total. The zero-order valence-corrected chi connectivity index (χ0v) is 18.1. The molecule has 0 aliphatic heterocycles. The third-order valence-electron chi connectivity index (χ3n) is 5.06. The summed E-state index contributed by atoms with van der Waals surface area (Å²) >= 11 is 0. The van der Waals surface area contributed by atoms with Gasteiger partial charge in [-0.2, -0.15) is 0 Å². The van der Waals surface area contributed by atoms with Gasteiger partial charge in [0.25, 0.3) is 0 Å². The van der Waals surface area contributed by atoms with Crippen LogP contribution < -0.4 is 0 Å². The van der Waals surface area contributed by atoms with E-state index in [0.717, 1.165) is 36.9 Å². The lowest BCUT2D eigenvalue weighted by Crippen LogP contribution is -2.18. The number of carbonyl (C=O) groups excluding carboxylic acids is 1. The largest absolute Gasteiger partial charge is 0.353 e. The second kappa shape index (κ2) is 15.6. The van der Waals surface area contributed by atoms with Gasteiger partial charge in [-0.25, -0.2) is 0 Å². The molecule has 1 saturated carbocycles. The highest BCUT2D eigenvalue weighted by Crippen LogP contribution is 2.38. The van der Waals surface area contributed by atoms with Gasteiger partial charge < -0.3 is 9.47 Å². The number of aldehydes is 1. The molecule has 1 aromatic carbocycles. The molecule has 0 spiro atoms. The van der Waals surface area contributed by atoms with E-state index in [1.165, 1.54) is 31.2 Å². The predicted molar refractivity (Wildman–Crippen MR) is 115 cm³/mol. The monoisotopic (exact) mass is 376 g/mol. The molecule has 3 atom stereocenters. The van der Waals surface area contributed by atoms with Crippen LogP contribution in [0.4, 0.5) is 0 Å². The molecule has 154 valence electrons. The van der Waals surface area contributed by atoms with E-state index < -0.39 is 0 Å². The van der Waals surface area contributed by atoms with Gasteiger partial charge in [0.15, 0.2) is 6.29 Å². The van der Waals surface area contributed by atoms with Crippen molar-refractivity contribution in [2.24, 2.45) is 11.8 Å². The van der Waals surface area contributed by atoms with Gasteiger partial charge in [-0.3, -0.25) is 4.79 Å². The standard InChI is InChI=1S/C16H22O.C6H14O2.C2H4/c1-12-5-3-7-15(9-12)13(2)16-8-4-6-14(10-16)11-17;1-4-7-6(3)8-5-2;1-2/h4,6,8,10-13,15H,3,5,7,9H2,1-2H3;6H,4-5H2,1-3H3;1-2H2. The minimum atomic E-state index is -0.0370. The first-order valence-corrected chi connectivity index (χ1v) is 10.3. The minimum absolute atomic E-state index is 0.0370. The van der Waals surface area contributed by atoms with Gasteiger partial charge in [0.2, 0.25) is 0 Å². The maximum absolute atomic E-state index is 10.8. The maximum Gasteiger partial charge on any atom is 0.154 e. The first kappa shape index (κ1) is 25.6. The summed E-state index contributed by atoms with van der Waals surface area (Å²) < 4.78 is 10.1. The second-order valence-corrected chi connectivity index (χ2v) is 7.09. The molecular weight excluding hydrogens is 336 g/mol. The van der Waals surface area contributed by atoms with E-state index in [2.05, 4.69) is 39.1 Å². The van der Waals surface area contributed by atoms with Gasteiger partial charge in [-0.1, -0.05) is 44.9 Å². The van der Waals surface area contributed by atoms with Crippen LogP contribution in [-0.4, -0.2) is 25.8 Å². The third kappa shape index (κ3) is 10.5. The van der Waals surface area contributed by atoms with Crippen LogP contribution in [0.1, 0.15) is 82.1 Å². The molecule has 27 heavy (non-hydrogen) atoms. The van der Waals surface area contributed by atoms with Crippen molar-refractivity contribution < 1.29 is 14.3 Å². The Kier molecular flexibility index (Phi) is 14.8. The minimum Gasteiger partial charge on any atom is -0.353 e. The fraction of sp³-hybridized carbons (Fsp3) is 0.625. The highest BCUT2D eigenvalue weighted by molar-refractivity contribution is 5.75. The molecule has 0 saturated heterocycles. The predicted octanol–water partition coefficient (Wildman–Crippen LogP) is 6.64. The van der Waals surface area contributed by atoms with Crippen molar-refractivity contribution in [3.05, 3.63) is 48.6 Å². The molecule has 1 aliphatic carbocycles. The summed E-state index contributed by atoms with van der Waals surface area (Å²) in [6, 6.07) is 8.10. The van der Waals surface area contributed by atoms with E-state index in [0.29, 0.717) is 5.92 Å². The Morgan fingerprint density at radius 2 is 1.78 bits per heavy atom. The van der Waals surface area contributed by atoms with Gasteiger partial charge in [0.05, 0.1) is 0 Å². The molecule has 0 aromatic heterocycles. The Hall–Kier alpha value is -1.45. The molecule has 0 bridgehead atoms. The number of ether oxygens (including phenoxy) is 2. The van der Waals surface area contributed by atoms with Crippen molar-refractivity contribution in [1.29, 1.82) is 0 Å². The van der Waals surface area contributed by atoms with Crippen LogP contribution in [0.3, 0.4) is 0 Å². The Labute approximate surface area is 167 Å². The van der Waals surface area contributed by atoms with Crippen LogP contribution >= 0.6 is 0 Å². The highest BCUT2D eigenvalue weighted by Gasteiger charge is 2.24. The van der Waals surface area contributed by atoms with Crippen molar-refractivity contribution in [2.45, 2.75) is 72.5 Å². The van der Waals surface area contributed by atoms with Crippen LogP contribution in [0.15, 0.2) is 37.4 Å². The van der Waals surface area contributed by atoms with Gasteiger partial charge in [-0.05, 0) is 63.0 Å². The van der Waals surface area contributed by atoms with Crippen LogP contribution in [0.2, 0.25) is 0 Å². The first-order valence-electron chi connectivity index (χ1n) is 10.3. The molecule has 0 radical (unpaired) electrons. The number of benzene rings is 1. The van der Waals surface area contributed by atoms with E-state index in [4.69, 9.17) is 9.47 Å². The average Bonchev–Trinajstić information content (AvgIpc) is 2.70. The van der Waals surface area contributed by atoms with Gasteiger partial charge >= 0.3 is 0 Å². The normalized spacial score (nSPS) is 19.9. The van der Waals surface area contributed by atoms with E-state index in [1.54, 1.807) is 0 Å². The number of rotatable bonds is 7. The lowest BCUT2D eigenvalue weighted by atomic mass is 9.74. The van der Waals surface area contributed by atoms with Gasteiger partial charge in [-0.15, -0.1) is 13.2 Å². The Morgan fingerprint density at radius 1 is 1.15 bits per heavy atom. The van der Waals surface area contributed by atoms with Crippen LogP contribution in [0.5, 0.6) is 0 Å². The zero-order chi connectivity index (χ0) is 20.7. The van der Waals surface area contributed by atoms with Crippen molar-refractivity contribution in [2.75, 3.05) is 13.2 Å². The third-order valence-corrected chi connectivity index (χ3v) is 5.06. The topological polar surface area (TPSA) is 35.5 Å². The summed E-state index contributed by atoms with van der Waals surface area (Å²) in [6.45, 7) is 17.9. The molecule has 1 aliphatic rings. The molecule has 3 nitrogen and oxygen atoms in total. The summed E-state index contributed by atoms with van der Waals surface area (Å²) in [5.74, 6) is 2.24. The van der Waals surface area contributed by atoms with Gasteiger partial charge in [0.1, 0.15) is 6.29 Å². The van der Waals surface area contributed by atoms with Crippen molar-refractivity contribution >= 4 is 6.29 Å². The SMILES string of the molecule is C=C.CC1CCCC(C(C)c2cccc(C=O)c2)C1.CCOC(C)OCC. The Morgan fingerprint density at radius 3 is 2.30 bits per heavy atom. The fourth-order valence-electron chi connectivity index (χ4n) is 3.64. The zero-order valence-electron chi connectivity index (χ0n) is 18.1.